The largest absolute Gasteiger partial charge is 0.444 e. The minimum Gasteiger partial charge on any atom is -0.444 e. The maximum Gasteiger partial charge on any atom is 0.413 e. The molecule has 0 unspecified atom stereocenters. The lowest BCUT2D eigenvalue weighted by Crippen LogP contribution is -2.40. The van der Waals surface area contributed by atoms with E-state index in [0.29, 0.717) is 50.4 Å². The van der Waals surface area contributed by atoms with Gasteiger partial charge in [0.1, 0.15) is 22.7 Å². The Labute approximate surface area is 269 Å². The van der Waals surface area contributed by atoms with E-state index in [1.54, 1.807) is 36.6 Å². The number of fused-ring (bicyclic) bond motifs is 2. The molecule has 1 aromatic heterocycles. The minimum absolute atomic E-state index is 0.100. The van der Waals surface area contributed by atoms with E-state index in [9.17, 15) is 14.4 Å². The summed E-state index contributed by atoms with van der Waals surface area (Å²) in [7, 11) is 0. The Morgan fingerprint density at radius 2 is 1.46 bits per heavy atom. The number of aromatic nitrogens is 1. The van der Waals surface area contributed by atoms with E-state index in [1.165, 1.54) is 0 Å². The number of carbonyl (C=O) groups is 3. The van der Waals surface area contributed by atoms with E-state index >= 15 is 0 Å². The van der Waals surface area contributed by atoms with Crippen LogP contribution in [0.15, 0.2) is 66.7 Å². The van der Waals surface area contributed by atoms with Gasteiger partial charge in [-0.2, -0.15) is 0 Å². The van der Waals surface area contributed by atoms with Crippen LogP contribution in [-0.2, 0) is 16.0 Å². The van der Waals surface area contributed by atoms with Crippen molar-refractivity contribution in [2.45, 2.75) is 65.7 Å². The lowest BCUT2D eigenvalue weighted by molar-refractivity contribution is 0.0255. The van der Waals surface area contributed by atoms with Crippen LogP contribution in [0.3, 0.4) is 0 Å². The molecule has 4 aromatic rings. The zero-order chi connectivity index (χ0) is 33.2. The van der Waals surface area contributed by atoms with Gasteiger partial charge in [-0.1, -0.05) is 54.6 Å². The Hall–Kier alpha value is -4.86. The van der Waals surface area contributed by atoms with Crippen LogP contribution >= 0.6 is 0 Å². The molecule has 1 saturated heterocycles. The fourth-order valence-corrected chi connectivity index (χ4v) is 5.63. The van der Waals surface area contributed by atoms with Gasteiger partial charge < -0.3 is 23.8 Å². The first-order valence-corrected chi connectivity index (χ1v) is 15.6. The van der Waals surface area contributed by atoms with Crippen molar-refractivity contribution < 1.29 is 23.9 Å². The molecule has 0 bridgehead atoms. The number of ether oxygens (including phenoxy) is 2. The van der Waals surface area contributed by atoms with Gasteiger partial charge in [0.2, 0.25) is 0 Å². The Kier molecular flexibility index (Phi) is 9.10. The molecule has 1 fully saturated rings. The molecule has 0 saturated carbocycles. The van der Waals surface area contributed by atoms with Crippen LogP contribution in [0, 0.1) is 5.41 Å². The number of alkyl carbamates (subject to hydrolysis) is 1. The van der Waals surface area contributed by atoms with Gasteiger partial charge in [0.05, 0.1) is 0 Å². The number of amidine groups is 1. The molecule has 0 spiro atoms. The highest BCUT2D eigenvalue weighted by Crippen LogP contribution is 2.27. The van der Waals surface area contributed by atoms with Crippen molar-refractivity contribution in [2.75, 3.05) is 26.2 Å². The van der Waals surface area contributed by atoms with Crippen molar-refractivity contribution in [2.24, 2.45) is 0 Å². The molecule has 10 heteroatoms. The number of hydrogen-bond donors (Lipinski definition) is 2. The van der Waals surface area contributed by atoms with Gasteiger partial charge in [0, 0.05) is 49.2 Å². The van der Waals surface area contributed by atoms with Crippen LogP contribution in [0.5, 0.6) is 0 Å². The molecule has 3 aromatic carbocycles. The van der Waals surface area contributed by atoms with Gasteiger partial charge in [-0.15, -0.1) is 0 Å². The molecule has 1 aliphatic heterocycles. The molecule has 10 nitrogen and oxygen atoms in total. The van der Waals surface area contributed by atoms with Crippen molar-refractivity contribution in [3.63, 3.8) is 0 Å². The highest BCUT2D eigenvalue weighted by molar-refractivity contribution is 6.07. The summed E-state index contributed by atoms with van der Waals surface area (Å²) in [4.78, 5) is 42.9. The lowest BCUT2D eigenvalue weighted by atomic mass is 10.0. The van der Waals surface area contributed by atoms with E-state index < -0.39 is 17.3 Å². The fraction of sp³-hybridized carbons (Fsp3) is 0.389. The fourth-order valence-electron chi connectivity index (χ4n) is 5.63. The Morgan fingerprint density at radius 3 is 2.20 bits per heavy atom. The van der Waals surface area contributed by atoms with Crippen molar-refractivity contribution in [3.8, 4) is 0 Å². The summed E-state index contributed by atoms with van der Waals surface area (Å²) in [5.74, 6) is -0.234. The monoisotopic (exact) mass is 625 g/mol. The standard InChI is InChI=1S/C36H43N5O5/c1-35(2,3)45-33(43)38-31(37)26-16-15-25-21-30(32(42)39-17-10-18-40(20-19-39)34(44)46-36(4,5)6)41(29(25)22-26)23-27-13-9-12-24-11-7-8-14-28(24)27/h7-9,11-16,21-22H,10,17-20,23H2,1-6H3,(H2,37,38,43). The predicted octanol–water partition coefficient (Wildman–Crippen LogP) is 6.78. The average molecular weight is 626 g/mol. The number of benzene rings is 3. The topological polar surface area (TPSA) is 117 Å². The van der Waals surface area contributed by atoms with E-state index in [1.807, 2.05) is 61.7 Å². The van der Waals surface area contributed by atoms with Crippen LogP contribution in [0.2, 0.25) is 0 Å². The van der Waals surface area contributed by atoms with Crippen molar-refractivity contribution in [1.82, 2.24) is 19.7 Å². The number of rotatable bonds is 4. The third kappa shape index (κ3) is 7.67. The van der Waals surface area contributed by atoms with Crippen LogP contribution in [-0.4, -0.2) is 75.7 Å². The molecule has 46 heavy (non-hydrogen) atoms. The zero-order valence-corrected chi connectivity index (χ0v) is 27.5. The highest BCUT2D eigenvalue weighted by Gasteiger charge is 2.28. The molecule has 0 atom stereocenters. The Bertz CT molecular complexity index is 1790. The summed E-state index contributed by atoms with van der Waals surface area (Å²) in [6, 6.07) is 21.6. The van der Waals surface area contributed by atoms with Gasteiger partial charge in [-0.3, -0.25) is 15.5 Å². The number of nitrogens with zero attached hydrogens (tertiary/aromatic N) is 3. The van der Waals surface area contributed by atoms with Crippen molar-refractivity contribution >= 4 is 45.6 Å². The Balaban J connectivity index is 1.49. The van der Waals surface area contributed by atoms with Gasteiger partial charge in [0.25, 0.3) is 5.91 Å². The summed E-state index contributed by atoms with van der Waals surface area (Å²) in [5.41, 5.74) is 1.50. The normalized spacial score (nSPS) is 14.2. The highest BCUT2D eigenvalue weighted by atomic mass is 16.6. The minimum atomic E-state index is -0.707. The quantitative estimate of drug-likeness (QED) is 0.192. The third-order valence-corrected chi connectivity index (χ3v) is 7.68. The van der Waals surface area contributed by atoms with E-state index in [0.717, 1.165) is 27.2 Å². The second-order valence-corrected chi connectivity index (χ2v) is 13.6. The first kappa shape index (κ1) is 32.5. The van der Waals surface area contributed by atoms with Crippen LogP contribution in [0.25, 0.3) is 21.7 Å². The maximum atomic E-state index is 14.3. The molecule has 242 valence electrons. The maximum absolute atomic E-state index is 14.3. The molecular formula is C36H43N5O5. The first-order valence-electron chi connectivity index (χ1n) is 15.6. The number of amides is 3. The molecular weight excluding hydrogens is 582 g/mol. The second kappa shape index (κ2) is 12.9. The zero-order valence-electron chi connectivity index (χ0n) is 27.5. The predicted molar refractivity (Wildman–Crippen MR) is 180 cm³/mol. The van der Waals surface area contributed by atoms with Crippen LogP contribution in [0.4, 0.5) is 9.59 Å². The van der Waals surface area contributed by atoms with Crippen molar-refractivity contribution in [1.29, 1.82) is 5.41 Å². The first-order chi connectivity index (χ1) is 21.7. The number of carbonyl (C=O) groups excluding carboxylic acids is 3. The number of nitrogens with one attached hydrogen (secondary N) is 2. The van der Waals surface area contributed by atoms with Gasteiger partial charge in [-0.05, 0) is 76.4 Å². The van der Waals surface area contributed by atoms with E-state index in [4.69, 9.17) is 14.9 Å². The van der Waals surface area contributed by atoms with Gasteiger partial charge in [0.15, 0.2) is 0 Å². The molecule has 3 amide bonds. The number of hydrogen-bond acceptors (Lipinski definition) is 6. The average Bonchev–Trinajstić information content (AvgIpc) is 3.14. The summed E-state index contributed by atoms with van der Waals surface area (Å²) in [6.45, 7) is 13.0. The molecule has 0 radical (unpaired) electrons. The summed E-state index contributed by atoms with van der Waals surface area (Å²) >= 11 is 0. The summed E-state index contributed by atoms with van der Waals surface area (Å²) in [5, 5.41) is 14.1. The molecule has 2 heterocycles. The smallest absolute Gasteiger partial charge is 0.413 e. The SMILES string of the molecule is CC(C)(C)OC(=O)NC(=N)c1ccc2cc(C(=O)N3CCCN(C(=O)OC(C)(C)C)CC3)n(Cc3cccc4ccccc34)c2c1. The van der Waals surface area contributed by atoms with Crippen LogP contribution in [0.1, 0.15) is 69.6 Å². The summed E-state index contributed by atoms with van der Waals surface area (Å²) in [6.07, 6.45) is -0.449. The van der Waals surface area contributed by atoms with Crippen molar-refractivity contribution in [3.05, 3.63) is 83.6 Å². The van der Waals surface area contributed by atoms with Gasteiger partial charge >= 0.3 is 12.2 Å². The van der Waals surface area contributed by atoms with E-state index in [-0.39, 0.29) is 17.8 Å². The summed E-state index contributed by atoms with van der Waals surface area (Å²) < 4.78 is 12.9. The molecule has 1 aliphatic rings. The molecule has 2 N–H and O–H groups in total. The van der Waals surface area contributed by atoms with Crippen LogP contribution < -0.4 is 5.32 Å². The Morgan fingerprint density at radius 1 is 0.783 bits per heavy atom. The second-order valence-electron chi connectivity index (χ2n) is 13.6. The third-order valence-electron chi connectivity index (χ3n) is 7.68. The molecule has 0 aliphatic carbocycles. The van der Waals surface area contributed by atoms with Gasteiger partial charge in [-0.25, -0.2) is 9.59 Å². The van der Waals surface area contributed by atoms with E-state index in [2.05, 4.69) is 29.6 Å². The lowest BCUT2D eigenvalue weighted by Gasteiger charge is -2.26. The molecule has 5 rings (SSSR count).